The van der Waals surface area contributed by atoms with Crippen molar-refractivity contribution in [2.24, 2.45) is 0 Å². The van der Waals surface area contributed by atoms with Crippen LogP contribution in [0.4, 0.5) is 4.39 Å². The van der Waals surface area contributed by atoms with Gasteiger partial charge in [0.05, 0.1) is 12.1 Å². The van der Waals surface area contributed by atoms with Gasteiger partial charge in [0.25, 0.3) is 5.91 Å². The molecular weight excluding hydrogens is 285 g/mol. The van der Waals surface area contributed by atoms with Gasteiger partial charge in [-0.15, -0.1) is 0 Å². The van der Waals surface area contributed by atoms with E-state index in [1.54, 1.807) is 45.0 Å². The van der Waals surface area contributed by atoms with Crippen LogP contribution in [0.2, 0.25) is 0 Å². The van der Waals surface area contributed by atoms with Crippen molar-refractivity contribution >= 4 is 5.91 Å². The maximum atomic E-state index is 14.0. The van der Waals surface area contributed by atoms with Gasteiger partial charge in [-0.05, 0) is 32.9 Å². The fourth-order valence-electron chi connectivity index (χ4n) is 2.37. The highest BCUT2D eigenvalue weighted by atomic mass is 19.1. The zero-order valence-corrected chi connectivity index (χ0v) is 13.2. The van der Waals surface area contributed by atoms with Crippen LogP contribution >= 0.6 is 0 Å². The van der Waals surface area contributed by atoms with Crippen LogP contribution in [0.5, 0.6) is 0 Å². The van der Waals surface area contributed by atoms with E-state index >= 15 is 0 Å². The first-order valence-corrected chi connectivity index (χ1v) is 7.03. The van der Waals surface area contributed by atoms with Crippen molar-refractivity contribution in [3.05, 3.63) is 58.8 Å². The Hall–Kier alpha value is -2.14. The van der Waals surface area contributed by atoms with Gasteiger partial charge >= 0.3 is 0 Å². The number of hydrogen-bond acceptors (Lipinski definition) is 3. The van der Waals surface area contributed by atoms with Crippen LogP contribution in [0.15, 0.2) is 34.7 Å². The maximum absolute atomic E-state index is 14.0. The van der Waals surface area contributed by atoms with Crippen LogP contribution < -0.4 is 5.32 Å². The SMILES string of the molecule is COC(C)(CNC(=O)c1cc(C)oc1C)c1ccccc1F. The van der Waals surface area contributed by atoms with Crippen LogP contribution in [0.3, 0.4) is 0 Å². The molecule has 0 spiro atoms. The number of rotatable bonds is 5. The number of carbonyl (C=O) groups is 1. The van der Waals surface area contributed by atoms with Crippen LogP contribution in [0.1, 0.15) is 34.4 Å². The number of hydrogen-bond donors (Lipinski definition) is 1. The summed E-state index contributed by atoms with van der Waals surface area (Å²) in [7, 11) is 1.49. The highest BCUT2D eigenvalue weighted by Gasteiger charge is 2.30. The normalized spacial score (nSPS) is 13.7. The zero-order valence-electron chi connectivity index (χ0n) is 13.2. The number of furan rings is 1. The van der Waals surface area contributed by atoms with Crippen molar-refractivity contribution in [3.8, 4) is 0 Å². The van der Waals surface area contributed by atoms with E-state index < -0.39 is 5.60 Å². The highest BCUT2D eigenvalue weighted by molar-refractivity contribution is 5.95. The lowest BCUT2D eigenvalue weighted by molar-refractivity contribution is 0.000374. The Balaban J connectivity index is 2.16. The quantitative estimate of drug-likeness (QED) is 0.922. The molecule has 2 rings (SSSR count). The smallest absolute Gasteiger partial charge is 0.254 e. The summed E-state index contributed by atoms with van der Waals surface area (Å²) in [4.78, 5) is 12.2. The molecule has 1 unspecified atom stereocenters. The average molecular weight is 305 g/mol. The summed E-state index contributed by atoms with van der Waals surface area (Å²) in [6.07, 6.45) is 0. The molecule has 5 heteroatoms. The van der Waals surface area contributed by atoms with E-state index in [-0.39, 0.29) is 18.3 Å². The van der Waals surface area contributed by atoms with Crippen LogP contribution in [-0.4, -0.2) is 19.6 Å². The van der Waals surface area contributed by atoms with Gasteiger partial charge in [0.15, 0.2) is 0 Å². The zero-order chi connectivity index (χ0) is 16.3. The Morgan fingerprint density at radius 2 is 2.05 bits per heavy atom. The molecule has 0 aliphatic carbocycles. The number of carbonyl (C=O) groups excluding carboxylic acids is 1. The molecule has 0 saturated heterocycles. The number of amides is 1. The Labute approximate surface area is 129 Å². The second kappa shape index (κ2) is 6.32. The van der Waals surface area contributed by atoms with E-state index in [0.29, 0.717) is 22.6 Å². The second-order valence-electron chi connectivity index (χ2n) is 5.42. The Kier molecular flexibility index (Phi) is 4.66. The molecule has 1 N–H and O–H groups in total. The number of halogens is 1. The minimum Gasteiger partial charge on any atom is -0.466 e. The monoisotopic (exact) mass is 305 g/mol. The molecule has 0 aliphatic heterocycles. The molecule has 0 bridgehead atoms. The van der Waals surface area contributed by atoms with Crippen molar-refractivity contribution in [1.82, 2.24) is 5.32 Å². The Bertz CT molecular complexity index is 680. The molecule has 4 nitrogen and oxygen atoms in total. The average Bonchev–Trinajstić information content (AvgIpc) is 2.83. The van der Waals surface area contributed by atoms with E-state index in [1.165, 1.54) is 13.2 Å². The van der Waals surface area contributed by atoms with E-state index in [4.69, 9.17) is 9.15 Å². The van der Waals surface area contributed by atoms with Crippen molar-refractivity contribution < 1.29 is 18.3 Å². The topological polar surface area (TPSA) is 51.5 Å². The minimum absolute atomic E-state index is 0.146. The van der Waals surface area contributed by atoms with Gasteiger partial charge < -0.3 is 14.5 Å². The van der Waals surface area contributed by atoms with E-state index in [1.807, 2.05) is 0 Å². The molecule has 2 aromatic rings. The molecule has 1 aromatic heterocycles. The van der Waals surface area contributed by atoms with Crippen molar-refractivity contribution in [2.45, 2.75) is 26.4 Å². The van der Waals surface area contributed by atoms with Gasteiger partial charge in [-0.1, -0.05) is 18.2 Å². The van der Waals surface area contributed by atoms with E-state index in [2.05, 4.69) is 5.32 Å². The summed E-state index contributed by atoms with van der Waals surface area (Å²) >= 11 is 0. The number of methoxy groups -OCH3 is 1. The molecule has 0 radical (unpaired) electrons. The predicted molar refractivity (Wildman–Crippen MR) is 81.3 cm³/mol. The largest absolute Gasteiger partial charge is 0.466 e. The number of nitrogens with one attached hydrogen (secondary N) is 1. The first kappa shape index (κ1) is 16.2. The van der Waals surface area contributed by atoms with Crippen molar-refractivity contribution in [2.75, 3.05) is 13.7 Å². The van der Waals surface area contributed by atoms with Crippen molar-refractivity contribution in [3.63, 3.8) is 0 Å². The molecule has 0 fully saturated rings. The van der Waals surface area contributed by atoms with Gasteiger partial charge in [0.1, 0.15) is 22.9 Å². The van der Waals surface area contributed by atoms with Gasteiger partial charge in [-0.25, -0.2) is 4.39 Å². The van der Waals surface area contributed by atoms with E-state index in [0.717, 1.165) is 0 Å². The van der Waals surface area contributed by atoms with Gasteiger partial charge in [-0.2, -0.15) is 0 Å². The molecule has 118 valence electrons. The lowest BCUT2D eigenvalue weighted by Crippen LogP contribution is -2.40. The summed E-state index contributed by atoms with van der Waals surface area (Å²) in [6, 6.07) is 8.06. The third-order valence-corrected chi connectivity index (χ3v) is 3.77. The minimum atomic E-state index is -0.951. The molecular formula is C17H20FNO3. The number of aryl methyl sites for hydroxylation is 2. The molecule has 1 atom stereocenters. The maximum Gasteiger partial charge on any atom is 0.254 e. The molecule has 0 saturated carbocycles. The first-order valence-electron chi connectivity index (χ1n) is 7.03. The van der Waals surface area contributed by atoms with Crippen LogP contribution in [0, 0.1) is 19.7 Å². The van der Waals surface area contributed by atoms with E-state index in [9.17, 15) is 9.18 Å². The third kappa shape index (κ3) is 3.20. The molecule has 0 aliphatic rings. The fraction of sp³-hybridized carbons (Fsp3) is 0.353. The summed E-state index contributed by atoms with van der Waals surface area (Å²) in [5.41, 5.74) is -0.0735. The summed E-state index contributed by atoms with van der Waals surface area (Å²) in [5.74, 6) is 0.594. The highest BCUT2D eigenvalue weighted by Crippen LogP contribution is 2.26. The van der Waals surface area contributed by atoms with Crippen LogP contribution in [0.25, 0.3) is 0 Å². The summed E-state index contributed by atoms with van der Waals surface area (Å²) in [5, 5.41) is 2.78. The summed E-state index contributed by atoms with van der Waals surface area (Å²) in [6.45, 7) is 5.39. The lowest BCUT2D eigenvalue weighted by Gasteiger charge is -2.29. The standard InChI is InChI=1S/C17H20FNO3/c1-11-9-13(12(2)22-11)16(20)19-10-17(3,21-4)14-7-5-6-8-15(14)18/h5-9H,10H2,1-4H3,(H,19,20). The van der Waals surface area contributed by atoms with Gasteiger partial charge in [-0.3, -0.25) is 4.79 Å². The number of benzene rings is 1. The molecule has 22 heavy (non-hydrogen) atoms. The summed E-state index contributed by atoms with van der Waals surface area (Å²) < 4.78 is 24.8. The number of ether oxygens (including phenoxy) is 1. The molecule has 1 heterocycles. The second-order valence-corrected chi connectivity index (χ2v) is 5.42. The predicted octanol–water partition coefficient (Wildman–Crippen LogP) is 3.33. The lowest BCUT2D eigenvalue weighted by atomic mass is 9.95. The molecule has 1 amide bonds. The van der Waals surface area contributed by atoms with Crippen molar-refractivity contribution in [1.29, 1.82) is 0 Å². The van der Waals surface area contributed by atoms with Gasteiger partial charge in [0, 0.05) is 12.7 Å². The fourth-order valence-corrected chi connectivity index (χ4v) is 2.37. The first-order chi connectivity index (χ1) is 10.4. The van der Waals surface area contributed by atoms with Crippen LogP contribution in [-0.2, 0) is 10.3 Å². The Morgan fingerprint density at radius 3 is 2.59 bits per heavy atom. The Morgan fingerprint density at radius 1 is 1.36 bits per heavy atom. The third-order valence-electron chi connectivity index (χ3n) is 3.77. The molecule has 1 aromatic carbocycles. The van der Waals surface area contributed by atoms with Gasteiger partial charge in [0.2, 0.25) is 0 Å².